The van der Waals surface area contributed by atoms with Crippen LogP contribution in [-0.2, 0) is 0 Å². The van der Waals surface area contributed by atoms with Crippen LogP contribution in [0.25, 0.3) is 55.6 Å². The summed E-state index contributed by atoms with van der Waals surface area (Å²) in [6, 6.07) is 94.3. The first-order chi connectivity index (χ1) is 33.7. The number of rotatable bonds is 12. The van der Waals surface area contributed by atoms with Crippen LogP contribution in [0.1, 0.15) is 17.9 Å². The average molecular weight is 871 g/mol. The maximum Gasteiger partial charge on any atom is 0.0467 e. The Morgan fingerprint density at radius 2 is 0.574 bits per heavy atom. The van der Waals surface area contributed by atoms with Crippen LogP contribution in [0.3, 0.4) is 0 Å². The average Bonchev–Trinajstić information content (AvgIpc) is 3.43. The second kappa shape index (κ2) is 19.4. The van der Waals surface area contributed by atoms with Gasteiger partial charge in [-0.05, 0) is 140 Å². The maximum atomic E-state index is 2.37. The summed E-state index contributed by atoms with van der Waals surface area (Å²) in [5, 5.41) is 0. The van der Waals surface area contributed by atoms with E-state index in [0.717, 1.165) is 40.5 Å². The maximum absolute atomic E-state index is 2.37. The third kappa shape index (κ3) is 9.09. The van der Waals surface area contributed by atoms with Crippen LogP contribution < -0.4 is 9.80 Å². The van der Waals surface area contributed by atoms with E-state index < -0.39 is 0 Å². The van der Waals surface area contributed by atoms with Crippen molar-refractivity contribution in [1.29, 1.82) is 0 Å². The van der Waals surface area contributed by atoms with Crippen molar-refractivity contribution in [2.45, 2.75) is 12.3 Å². The molecule has 0 aliphatic heterocycles. The molecule has 1 aliphatic rings. The van der Waals surface area contributed by atoms with Gasteiger partial charge in [0.1, 0.15) is 0 Å². The minimum absolute atomic E-state index is 0.367. The third-order valence-electron chi connectivity index (χ3n) is 13.0. The molecule has 10 aromatic carbocycles. The first-order valence-electron chi connectivity index (χ1n) is 23.5. The van der Waals surface area contributed by atoms with E-state index in [1.165, 1.54) is 61.2 Å². The molecule has 0 bridgehead atoms. The van der Waals surface area contributed by atoms with Gasteiger partial charge < -0.3 is 9.80 Å². The molecule has 0 saturated heterocycles. The highest BCUT2D eigenvalue weighted by Gasteiger charge is 2.18. The molecule has 2 nitrogen and oxygen atoms in total. The molecule has 0 radical (unpaired) electrons. The van der Waals surface area contributed by atoms with Gasteiger partial charge >= 0.3 is 0 Å². The van der Waals surface area contributed by atoms with Gasteiger partial charge in [-0.15, -0.1) is 0 Å². The van der Waals surface area contributed by atoms with E-state index in [1.54, 1.807) is 0 Å². The van der Waals surface area contributed by atoms with Crippen molar-refractivity contribution in [1.82, 2.24) is 0 Å². The lowest BCUT2D eigenvalue weighted by Gasteiger charge is -2.27. The zero-order valence-electron chi connectivity index (χ0n) is 37.8. The molecule has 0 N–H and O–H groups in total. The predicted octanol–water partition coefficient (Wildman–Crippen LogP) is 18.6. The van der Waals surface area contributed by atoms with E-state index in [9.17, 15) is 0 Å². The molecule has 0 saturated carbocycles. The summed E-state index contributed by atoms with van der Waals surface area (Å²) in [4.78, 5) is 4.72. The van der Waals surface area contributed by atoms with Crippen LogP contribution in [-0.4, -0.2) is 0 Å². The molecule has 1 atom stereocenters. The van der Waals surface area contributed by atoms with Crippen LogP contribution in [0.5, 0.6) is 0 Å². The first kappa shape index (κ1) is 41.9. The van der Waals surface area contributed by atoms with E-state index in [0.29, 0.717) is 5.92 Å². The molecule has 1 aliphatic carbocycles. The summed E-state index contributed by atoms with van der Waals surface area (Å²) < 4.78 is 0. The van der Waals surface area contributed by atoms with Crippen molar-refractivity contribution in [3.8, 4) is 55.6 Å². The largest absolute Gasteiger partial charge is 0.310 e. The fraction of sp³-hybridized carbons (Fsp3) is 0.0303. The summed E-state index contributed by atoms with van der Waals surface area (Å²) in [5.41, 5.74) is 19.9. The van der Waals surface area contributed by atoms with Gasteiger partial charge in [-0.1, -0.05) is 212 Å². The van der Waals surface area contributed by atoms with Crippen molar-refractivity contribution < 1.29 is 0 Å². The Balaban J connectivity index is 0.865. The molecule has 10 aromatic rings. The van der Waals surface area contributed by atoms with E-state index in [1.807, 2.05) is 0 Å². The molecule has 0 aromatic heterocycles. The van der Waals surface area contributed by atoms with E-state index in [4.69, 9.17) is 0 Å². The monoisotopic (exact) mass is 870 g/mol. The third-order valence-corrected chi connectivity index (χ3v) is 13.0. The number of benzene rings is 10. The van der Waals surface area contributed by atoms with Gasteiger partial charge in [0.2, 0.25) is 0 Å². The molecule has 0 fully saturated rings. The Morgan fingerprint density at radius 3 is 0.956 bits per heavy atom. The van der Waals surface area contributed by atoms with Crippen molar-refractivity contribution in [2.24, 2.45) is 0 Å². The topological polar surface area (TPSA) is 6.48 Å². The van der Waals surface area contributed by atoms with Crippen molar-refractivity contribution in [3.05, 3.63) is 291 Å². The van der Waals surface area contributed by atoms with E-state index >= 15 is 0 Å². The molecule has 2 heteroatoms. The lowest BCUT2D eigenvalue weighted by Crippen LogP contribution is -2.10. The molecular weight excluding hydrogens is 821 g/mol. The molecule has 68 heavy (non-hydrogen) atoms. The van der Waals surface area contributed by atoms with Gasteiger partial charge in [-0.3, -0.25) is 0 Å². The van der Waals surface area contributed by atoms with Gasteiger partial charge in [-0.2, -0.15) is 0 Å². The summed E-state index contributed by atoms with van der Waals surface area (Å²) >= 11 is 0. The smallest absolute Gasteiger partial charge is 0.0467 e. The highest BCUT2D eigenvalue weighted by molar-refractivity contribution is 5.84. The summed E-state index contributed by atoms with van der Waals surface area (Å²) in [7, 11) is 0. The lowest BCUT2D eigenvalue weighted by molar-refractivity contribution is 0.853. The predicted molar refractivity (Wildman–Crippen MR) is 289 cm³/mol. The fourth-order valence-electron chi connectivity index (χ4n) is 9.40. The minimum atomic E-state index is 0.367. The number of allylic oxidation sites excluding steroid dienone is 4. The highest BCUT2D eigenvalue weighted by atomic mass is 15.1. The van der Waals surface area contributed by atoms with Crippen LogP contribution in [0.4, 0.5) is 34.1 Å². The van der Waals surface area contributed by atoms with Crippen molar-refractivity contribution in [3.63, 3.8) is 0 Å². The summed E-state index contributed by atoms with van der Waals surface area (Å²) in [6.45, 7) is 0. The Kier molecular flexibility index (Phi) is 12.0. The number of nitrogens with zero attached hydrogens (tertiary/aromatic N) is 2. The van der Waals surface area contributed by atoms with E-state index in [2.05, 4.69) is 295 Å². The number of anilines is 6. The van der Waals surface area contributed by atoms with Crippen LogP contribution in [0.15, 0.2) is 285 Å². The van der Waals surface area contributed by atoms with Gasteiger partial charge in [0, 0.05) is 40.0 Å². The SMILES string of the molecule is C1=CCC(c2cccc(N(c3ccc(-c4ccccc4)cc3)c3ccc(-c4ccc(-c5ccc(N(c6ccc(-c7ccccc7)cc6)c6cccc(-c7ccccc7)c6)cc5)cc4)cc3)c2)C=C1. The van der Waals surface area contributed by atoms with Crippen LogP contribution >= 0.6 is 0 Å². The Hall–Kier alpha value is -8.72. The van der Waals surface area contributed by atoms with Crippen molar-refractivity contribution >= 4 is 34.1 Å². The fourth-order valence-corrected chi connectivity index (χ4v) is 9.40. The van der Waals surface area contributed by atoms with Gasteiger partial charge in [-0.25, -0.2) is 0 Å². The molecule has 324 valence electrons. The Bertz CT molecular complexity index is 3300. The quantitative estimate of drug-likeness (QED) is 0.121. The van der Waals surface area contributed by atoms with Crippen LogP contribution in [0, 0.1) is 0 Å². The van der Waals surface area contributed by atoms with Crippen LogP contribution in [0.2, 0.25) is 0 Å². The molecule has 11 rings (SSSR count). The minimum Gasteiger partial charge on any atom is -0.310 e. The molecule has 1 unspecified atom stereocenters. The van der Waals surface area contributed by atoms with E-state index in [-0.39, 0.29) is 0 Å². The Morgan fingerprint density at radius 1 is 0.250 bits per heavy atom. The number of hydrogen-bond acceptors (Lipinski definition) is 2. The second-order valence-electron chi connectivity index (χ2n) is 17.3. The second-order valence-corrected chi connectivity index (χ2v) is 17.3. The molecule has 0 spiro atoms. The summed E-state index contributed by atoms with van der Waals surface area (Å²) in [6.07, 6.45) is 9.88. The molecule has 0 amide bonds. The zero-order chi connectivity index (χ0) is 45.5. The molecule has 0 heterocycles. The van der Waals surface area contributed by atoms with Gasteiger partial charge in [0.05, 0.1) is 0 Å². The zero-order valence-corrected chi connectivity index (χ0v) is 37.8. The van der Waals surface area contributed by atoms with Crippen molar-refractivity contribution in [2.75, 3.05) is 9.80 Å². The number of hydrogen-bond donors (Lipinski definition) is 0. The highest BCUT2D eigenvalue weighted by Crippen LogP contribution is 2.41. The Labute approximate surface area is 400 Å². The van der Waals surface area contributed by atoms with Gasteiger partial charge in [0.15, 0.2) is 0 Å². The normalized spacial score (nSPS) is 13.0. The lowest BCUT2D eigenvalue weighted by atomic mass is 9.92. The summed E-state index contributed by atoms with van der Waals surface area (Å²) in [5.74, 6) is 0.367. The first-order valence-corrected chi connectivity index (χ1v) is 23.5. The van der Waals surface area contributed by atoms with Gasteiger partial charge in [0.25, 0.3) is 0 Å². The standard InChI is InChI=1S/C66H50N2/c1-5-15-49(16-6-1)55-31-39-61(40-32-55)67(65-25-13-23-59(47-65)51-19-9-3-10-20-51)63-43-35-57(36-44-63)53-27-29-54(30-28-53)58-37-45-64(46-38-58)68(62-41-33-56(34-42-62)50-17-7-2-8-18-50)66-26-14-24-60(48-66)52-21-11-4-12-22-52/h1-21,23-48,52H,22H2. The molecular formula is C66H50N2.